The van der Waals surface area contributed by atoms with E-state index in [0.717, 1.165) is 16.0 Å². The molecule has 4 rings (SSSR count). The van der Waals surface area contributed by atoms with Crippen molar-refractivity contribution in [3.8, 4) is 17.2 Å². The summed E-state index contributed by atoms with van der Waals surface area (Å²) in [6.45, 7) is 0.621. The molecule has 0 N–H and O–H groups in total. The predicted molar refractivity (Wildman–Crippen MR) is 113 cm³/mol. The van der Waals surface area contributed by atoms with E-state index in [9.17, 15) is 10.1 Å². The highest BCUT2D eigenvalue weighted by Gasteiger charge is 2.22. The van der Waals surface area contributed by atoms with Crippen molar-refractivity contribution < 1.29 is 0 Å². The fourth-order valence-corrected chi connectivity index (χ4v) is 5.08. The molecule has 1 aliphatic carbocycles. The lowest BCUT2D eigenvalue weighted by molar-refractivity contribution is 0.178. The Balaban J connectivity index is 1.76. The van der Waals surface area contributed by atoms with Crippen molar-refractivity contribution in [1.82, 2.24) is 14.5 Å². The summed E-state index contributed by atoms with van der Waals surface area (Å²) < 4.78 is 1.56. The largest absolute Gasteiger partial charge is 0.296 e. The summed E-state index contributed by atoms with van der Waals surface area (Å²) in [5.74, 6) is 0.689. The second-order valence-electron chi connectivity index (χ2n) is 7.48. The molecule has 1 fully saturated rings. The fraction of sp³-hybridized carbons (Fsp3) is 0.409. The highest BCUT2D eigenvalue weighted by Crippen LogP contribution is 2.31. The zero-order chi connectivity index (χ0) is 19.5. The minimum absolute atomic E-state index is 0.0275. The number of thiophene rings is 1. The maximum atomic E-state index is 13.3. The molecule has 2 aromatic heterocycles. The molecule has 28 heavy (non-hydrogen) atoms. The van der Waals surface area contributed by atoms with Crippen molar-refractivity contribution in [3.63, 3.8) is 0 Å². The highest BCUT2D eigenvalue weighted by molar-refractivity contribution is 7.17. The number of benzene rings is 1. The van der Waals surface area contributed by atoms with Crippen LogP contribution in [-0.4, -0.2) is 27.5 Å². The Labute approximate surface area is 168 Å². The third kappa shape index (κ3) is 3.60. The van der Waals surface area contributed by atoms with Crippen molar-refractivity contribution in [1.29, 1.82) is 5.26 Å². The molecule has 0 unspecified atom stereocenters. The van der Waals surface area contributed by atoms with Crippen LogP contribution >= 0.6 is 11.3 Å². The van der Waals surface area contributed by atoms with Crippen molar-refractivity contribution in [3.05, 3.63) is 51.9 Å². The third-order valence-corrected chi connectivity index (χ3v) is 6.55. The molecular weight excluding hydrogens is 368 g/mol. The summed E-state index contributed by atoms with van der Waals surface area (Å²) in [4.78, 5) is 21.2. The van der Waals surface area contributed by atoms with Crippen LogP contribution in [0.5, 0.6) is 0 Å². The summed E-state index contributed by atoms with van der Waals surface area (Å²) in [6.07, 6.45) is 6.22. The first-order chi connectivity index (χ1) is 13.7. The maximum absolute atomic E-state index is 13.3. The van der Waals surface area contributed by atoms with Gasteiger partial charge in [0, 0.05) is 17.0 Å². The van der Waals surface area contributed by atoms with Crippen LogP contribution in [0.4, 0.5) is 0 Å². The Morgan fingerprint density at radius 2 is 2.00 bits per heavy atom. The van der Waals surface area contributed by atoms with E-state index in [1.807, 2.05) is 35.7 Å². The molecule has 1 saturated carbocycles. The monoisotopic (exact) mass is 392 g/mol. The quantitative estimate of drug-likeness (QED) is 0.645. The van der Waals surface area contributed by atoms with Gasteiger partial charge in [-0.15, -0.1) is 11.3 Å². The smallest absolute Gasteiger partial charge is 0.263 e. The lowest BCUT2D eigenvalue weighted by Crippen LogP contribution is -2.36. The van der Waals surface area contributed by atoms with Gasteiger partial charge in [0.25, 0.3) is 5.56 Å². The van der Waals surface area contributed by atoms with E-state index in [2.05, 4.69) is 18.0 Å². The van der Waals surface area contributed by atoms with Gasteiger partial charge in [-0.3, -0.25) is 14.3 Å². The number of aromatic nitrogens is 2. The maximum Gasteiger partial charge on any atom is 0.263 e. The first kappa shape index (κ1) is 18.9. The van der Waals surface area contributed by atoms with E-state index in [-0.39, 0.29) is 12.1 Å². The van der Waals surface area contributed by atoms with Gasteiger partial charge in [-0.05, 0) is 25.5 Å². The molecule has 0 radical (unpaired) electrons. The molecule has 6 heteroatoms. The Morgan fingerprint density at radius 3 is 2.71 bits per heavy atom. The summed E-state index contributed by atoms with van der Waals surface area (Å²) in [5, 5.41) is 11.9. The minimum atomic E-state index is -0.112. The summed E-state index contributed by atoms with van der Waals surface area (Å²) in [7, 11) is 2.10. The standard InChI is InChI=1S/C22H24N4OS/c1-25(17-10-6-3-7-11-17)14-19-24-21-20(22(27)26(19)13-12-23)18(15-28-21)16-8-4-2-5-9-16/h2,4-5,8-9,15,17H,3,6-7,10-11,13-14H2,1H3. The molecule has 144 valence electrons. The van der Waals surface area contributed by atoms with Crippen LogP contribution in [0.1, 0.15) is 37.9 Å². The zero-order valence-corrected chi connectivity index (χ0v) is 16.9. The Morgan fingerprint density at radius 1 is 1.25 bits per heavy atom. The number of nitrogens with zero attached hydrogens (tertiary/aromatic N) is 4. The van der Waals surface area contributed by atoms with Crippen molar-refractivity contribution in [2.24, 2.45) is 0 Å². The molecule has 0 bridgehead atoms. The van der Waals surface area contributed by atoms with E-state index in [4.69, 9.17) is 4.98 Å². The molecule has 3 aromatic rings. The van der Waals surface area contributed by atoms with E-state index in [0.29, 0.717) is 23.8 Å². The molecule has 0 spiro atoms. The van der Waals surface area contributed by atoms with Crippen molar-refractivity contribution >= 4 is 21.6 Å². The highest BCUT2D eigenvalue weighted by atomic mass is 32.1. The number of hydrogen-bond acceptors (Lipinski definition) is 5. The second-order valence-corrected chi connectivity index (χ2v) is 8.34. The van der Waals surface area contributed by atoms with E-state index in [1.165, 1.54) is 43.4 Å². The molecule has 1 aromatic carbocycles. The van der Waals surface area contributed by atoms with Crippen LogP contribution < -0.4 is 5.56 Å². The van der Waals surface area contributed by atoms with Crippen LogP contribution in [0.25, 0.3) is 21.3 Å². The average Bonchev–Trinajstić information content (AvgIpc) is 3.16. The average molecular weight is 393 g/mol. The van der Waals surface area contributed by atoms with Crippen LogP contribution in [0.15, 0.2) is 40.5 Å². The van der Waals surface area contributed by atoms with Gasteiger partial charge in [-0.2, -0.15) is 5.26 Å². The van der Waals surface area contributed by atoms with Gasteiger partial charge in [0.1, 0.15) is 17.2 Å². The lowest BCUT2D eigenvalue weighted by atomic mass is 9.94. The Bertz CT molecular complexity index is 1060. The van der Waals surface area contributed by atoms with Gasteiger partial charge in [0.05, 0.1) is 18.0 Å². The second kappa shape index (κ2) is 8.26. The van der Waals surface area contributed by atoms with Crippen molar-refractivity contribution in [2.45, 2.75) is 51.2 Å². The SMILES string of the molecule is CN(Cc1nc2scc(-c3ccccc3)c2c(=O)n1CC#N)C1CCCCC1. The number of nitriles is 1. The molecule has 1 aliphatic rings. The Hall–Kier alpha value is -2.49. The van der Waals surface area contributed by atoms with Gasteiger partial charge in [-0.25, -0.2) is 4.98 Å². The van der Waals surface area contributed by atoms with Gasteiger partial charge in [0.2, 0.25) is 0 Å². The van der Waals surface area contributed by atoms with Crippen LogP contribution in [0.3, 0.4) is 0 Å². The summed E-state index contributed by atoms with van der Waals surface area (Å²) >= 11 is 1.50. The minimum Gasteiger partial charge on any atom is -0.296 e. The first-order valence-corrected chi connectivity index (χ1v) is 10.7. The normalized spacial score (nSPS) is 15.2. The number of rotatable bonds is 5. The van der Waals surface area contributed by atoms with Gasteiger partial charge in [-0.1, -0.05) is 49.6 Å². The van der Waals surface area contributed by atoms with Gasteiger partial charge < -0.3 is 0 Å². The van der Waals surface area contributed by atoms with Crippen LogP contribution in [-0.2, 0) is 13.1 Å². The molecule has 2 heterocycles. The van der Waals surface area contributed by atoms with E-state index >= 15 is 0 Å². The number of hydrogen-bond donors (Lipinski definition) is 0. The molecule has 0 saturated heterocycles. The molecule has 0 aliphatic heterocycles. The fourth-order valence-electron chi connectivity index (χ4n) is 4.13. The number of fused-ring (bicyclic) bond motifs is 1. The van der Waals surface area contributed by atoms with E-state index < -0.39 is 0 Å². The topological polar surface area (TPSA) is 61.9 Å². The van der Waals surface area contributed by atoms with Gasteiger partial charge in [0.15, 0.2) is 0 Å². The Kier molecular flexibility index (Phi) is 5.56. The van der Waals surface area contributed by atoms with E-state index in [1.54, 1.807) is 4.57 Å². The van der Waals surface area contributed by atoms with Crippen LogP contribution in [0.2, 0.25) is 0 Å². The van der Waals surface area contributed by atoms with Crippen molar-refractivity contribution in [2.75, 3.05) is 7.05 Å². The van der Waals surface area contributed by atoms with Gasteiger partial charge >= 0.3 is 0 Å². The third-order valence-electron chi connectivity index (χ3n) is 5.68. The molecule has 5 nitrogen and oxygen atoms in total. The summed E-state index contributed by atoms with van der Waals surface area (Å²) in [6, 6.07) is 12.6. The molecular formula is C22H24N4OS. The first-order valence-electron chi connectivity index (χ1n) is 9.82. The zero-order valence-electron chi connectivity index (χ0n) is 16.1. The van der Waals surface area contributed by atoms with Crippen LogP contribution in [0, 0.1) is 11.3 Å². The predicted octanol–water partition coefficient (Wildman–Crippen LogP) is 4.41. The lowest BCUT2D eigenvalue weighted by Gasteiger charge is -2.31. The molecule has 0 amide bonds. The molecule has 0 atom stereocenters. The summed E-state index contributed by atoms with van der Waals surface area (Å²) in [5.41, 5.74) is 1.79.